The lowest BCUT2D eigenvalue weighted by molar-refractivity contribution is 1.41. The molecule has 3 nitrogen and oxygen atoms in total. The van der Waals surface area contributed by atoms with Gasteiger partial charge in [-0.05, 0) is 42.5 Å². The van der Waals surface area contributed by atoms with Crippen LogP contribution in [-0.2, 0) is 0 Å². The number of anilines is 3. The quantitative estimate of drug-likeness (QED) is 0.694. The SMILES string of the molecule is Nc1ccc(Sc2ccc(N)cc2N)cc1. The zero-order valence-electron chi connectivity index (χ0n) is 8.68. The van der Waals surface area contributed by atoms with Crippen molar-refractivity contribution in [3.05, 3.63) is 42.5 Å². The van der Waals surface area contributed by atoms with E-state index in [1.54, 1.807) is 17.8 Å². The first-order valence-electron chi connectivity index (χ1n) is 4.83. The average Bonchev–Trinajstić information content (AvgIpc) is 2.25. The lowest BCUT2D eigenvalue weighted by Crippen LogP contribution is -1.91. The second-order valence-electron chi connectivity index (χ2n) is 3.47. The van der Waals surface area contributed by atoms with Gasteiger partial charge in [0.1, 0.15) is 0 Å². The molecule has 16 heavy (non-hydrogen) atoms. The van der Waals surface area contributed by atoms with E-state index in [0.29, 0.717) is 11.4 Å². The molecular weight excluding hydrogens is 218 g/mol. The Morgan fingerprint density at radius 3 is 2.00 bits per heavy atom. The van der Waals surface area contributed by atoms with Crippen LogP contribution in [-0.4, -0.2) is 0 Å². The molecule has 0 aliphatic carbocycles. The minimum absolute atomic E-state index is 0.680. The zero-order valence-corrected chi connectivity index (χ0v) is 9.50. The van der Waals surface area contributed by atoms with Gasteiger partial charge in [0, 0.05) is 26.9 Å². The molecule has 0 saturated heterocycles. The number of nitrogens with two attached hydrogens (primary N) is 3. The van der Waals surface area contributed by atoms with Crippen LogP contribution in [0.1, 0.15) is 0 Å². The van der Waals surface area contributed by atoms with Crippen LogP contribution in [0, 0.1) is 0 Å². The Hall–Kier alpha value is -1.81. The van der Waals surface area contributed by atoms with E-state index in [2.05, 4.69) is 0 Å². The maximum Gasteiger partial charge on any atom is 0.0476 e. The average molecular weight is 231 g/mol. The van der Waals surface area contributed by atoms with Gasteiger partial charge in [-0.1, -0.05) is 11.8 Å². The van der Waals surface area contributed by atoms with Crippen LogP contribution in [0.5, 0.6) is 0 Å². The standard InChI is InChI=1S/C12H13N3S/c13-8-1-4-10(5-2-8)16-12-6-3-9(14)7-11(12)15/h1-7H,13-15H2. The summed E-state index contributed by atoms with van der Waals surface area (Å²) in [5, 5.41) is 0. The molecule has 0 spiro atoms. The Bertz CT molecular complexity index is 494. The minimum Gasteiger partial charge on any atom is -0.399 e. The van der Waals surface area contributed by atoms with Crippen LogP contribution in [0.25, 0.3) is 0 Å². The second kappa shape index (κ2) is 4.37. The third-order valence-corrected chi connectivity index (χ3v) is 3.24. The van der Waals surface area contributed by atoms with Crippen LogP contribution in [0.4, 0.5) is 17.1 Å². The van der Waals surface area contributed by atoms with Gasteiger partial charge in [-0.2, -0.15) is 0 Å². The summed E-state index contributed by atoms with van der Waals surface area (Å²) in [4.78, 5) is 2.10. The molecule has 0 radical (unpaired) electrons. The van der Waals surface area contributed by atoms with Crippen molar-refractivity contribution >= 4 is 28.8 Å². The molecule has 6 N–H and O–H groups in total. The predicted molar refractivity (Wildman–Crippen MR) is 70.2 cm³/mol. The molecule has 0 saturated carbocycles. The van der Waals surface area contributed by atoms with Crippen LogP contribution >= 0.6 is 11.8 Å². The van der Waals surface area contributed by atoms with E-state index >= 15 is 0 Å². The van der Waals surface area contributed by atoms with E-state index in [4.69, 9.17) is 17.2 Å². The molecular formula is C12H13N3S. The van der Waals surface area contributed by atoms with Gasteiger partial charge >= 0.3 is 0 Å². The monoisotopic (exact) mass is 231 g/mol. The molecule has 2 aromatic rings. The fraction of sp³-hybridized carbons (Fsp3) is 0. The highest BCUT2D eigenvalue weighted by Gasteiger charge is 2.02. The van der Waals surface area contributed by atoms with Gasteiger partial charge in [-0.15, -0.1) is 0 Å². The molecule has 0 bridgehead atoms. The Balaban J connectivity index is 2.23. The van der Waals surface area contributed by atoms with Crippen LogP contribution in [0.15, 0.2) is 52.3 Å². The molecule has 2 aromatic carbocycles. The first-order chi connectivity index (χ1) is 7.65. The number of hydrogen-bond acceptors (Lipinski definition) is 4. The Morgan fingerprint density at radius 1 is 0.750 bits per heavy atom. The van der Waals surface area contributed by atoms with Crippen molar-refractivity contribution in [2.24, 2.45) is 0 Å². The third kappa shape index (κ3) is 2.41. The van der Waals surface area contributed by atoms with E-state index in [9.17, 15) is 0 Å². The highest BCUT2D eigenvalue weighted by atomic mass is 32.2. The molecule has 0 heterocycles. The van der Waals surface area contributed by atoms with Crippen molar-refractivity contribution in [3.8, 4) is 0 Å². The second-order valence-corrected chi connectivity index (χ2v) is 4.58. The summed E-state index contributed by atoms with van der Waals surface area (Å²) in [6, 6.07) is 13.2. The topological polar surface area (TPSA) is 78.1 Å². The van der Waals surface area contributed by atoms with Crippen molar-refractivity contribution in [2.75, 3.05) is 17.2 Å². The van der Waals surface area contributed by atoms with Gasteiger partial charge in [0.05, 0.1) is 0 Å². The molecule has 2 rings (SSSR count). The summed E-state index contributed by atoms with van der Waals surface area (Å²) in [5.74, 6) is 0. The highest BCUT2D eigenvalue weighted by molar-refractivity contribution is 7.99. The van der Waals surface area contributed by atoms with Crippen LogP contribution in [0.3, 0.4) is 0 Å². The van der Waals surface area contributed by atoms with Gasteiger partial charge in [0.25, 0.3) is 0 Å². The van der Waals surface area contributed by atoms with Crippen molar-refractivity contribution < 1.29 is 0 Å². The maximum atomic E-state index is 5.87. The van der Waals surface area contributed by atoms with Crippen LogP contribution in [0.2, 0.25) is 0 Å². The summed E-state index contributed by atoms with van der Waals surface area (Å²) < 4.78 is 0. The van der Waals surface area contributed by atoms with Gasteiger partial charge in [0.15, 0.2) is 0 Å². The van der Waals surface area contributed by atoms with E-state index in [0.717, 1.165) is 15.5 Å². The summed E-state index contributed by atoms with van der Waals surface area (Å²) in [7, 11) is 0. The van der Waals surface area contributed by atoms with Crippen LogP contribution < -0.4 is 17.2 Å². The summed E-state index contributed by atoms with van der Waals surface area (Å²) >= 11 is 1.60. The van der Waals surface area contributed by atoms with E-state index in [1.165, 1.54) is 0 Å². The van der Waals surface area contributed by atoms with Crippen molar-refractivity contribution in [1.29, 1.82) is 0 Å². The Labute approximate surface area is 98.6 Å². The smallest absolute Gasteiger partial charge is 0.0476 e. The third-order valence-electron chi connectivity index (χ3n) is 2.14. The molecule has 82 valence electrons. The molecule has 0 fully saturated rings. The molecule has 0 aromatic heterocycles. The van der Waals surface area contributed by atoms with Crippen molar-refractivity contribution in [2.45, 2.75) is 9.79 Å². The van der Waals surface area contributed by atoms with Crippen molar-refractivity contribution in [3.63, 3.8) is 0 Å². The minimum atomic E-state index is 0.680. The normalized spacial score (nSPS) is 10.2. The molecule has 4 heteroatoms. The first kappa shape index (κ1) is 10.7. The first-order valence-corrected chi connectivity index (χ1v) is 5.65. The number of benzene rings is 2. The fourth-order valence-electron chi connectivity index (χ4n) is 1.32. The summed E-state index contributed by atoms with van der Waals surface area (Å²) in [5.41, 5.74) is 19.3. The van der Waals surface area contributed by atoms with E-state index in [1.807, 2.05) is 36.4 Å². The molecule has 0 aliphatic rings. The summed E-state index contributed by atoms with van der Waals surface area (Å²) in [6.07, 6.45) is 0. The number of nitrogen functional groups attached to an aromatic ring is 3. The molecule has 0 aliphatic heterocycles. The van der Waals surface area contributed by atoms with Gasteiger partial charge in [0.2, 0.25) is 0 Å². The number of hydrogen-bond donors (Lipinski definition) is 3. The molecule has 0 atom stereocenters. The number of rotatable bonds is 2. The van der Waals surface area contributed by atoms with E-state index < -0.39 is 0 Å². The van der Waals surface area contributed by atoms with Crippen molar-refractivity contribution in [1.82, 2.24) is 0 Å². The van der Waals surface area contributed by atoms with Gasteiger partial charge in [-0.3, -0.25) is 0 Å². The van der Waals surface area contributed by atoms with E-state index in [-0.39, 0.29) is 0 Å². The lowest BCUT2D eigenvalue weighted by Gasteiger charge is -2.06. The molecule has 0 unspecified atom stereocenters. The Morgan fingerprint density at radius 2 is 1.38 bits per heavy atom. The van der Waals surface area contributed by atoms with Gasteiger partial charge < -0.3 is 17.2 Å². The predicted octanol–water partition coefficient (Wildman–Crippen LogP) is 2.58. The van der Waals surface area contributed by atoms with Gasteiger partial charge in [-0.25, -0.2) is 0 Å². The Kier molecular flexibility index (Phi) is 2.92. The zero-order chi connectivity index (χ0) is 11.5. The lowest BCUT2D eigenvalue weighted by atomic mass is 10.3. The fourth-order valence-corrected chi connectivity index (χ4v) is 2.16. The largest absolute Gasteiger partial charge is 0.399 e. The maximum absolute atomic E-state index is 5.87. The molecule has 0 amide bonds. The highest BCUT2D eigenvalue weighted by Crippen LogP contribution is 2.33. The summed E-state index contributed by atoms with van der Waals surface area (Å²) in [6.45, 7) is 0.